The molecule has 3 N–H and O–H groups in total. The summed E-state index contributed by atoms with van der Waals surface area (Å²) in [7, 11) is 1.94. The number of carbonyl (C=O) groups is 1. The van der Waals surface area contributed by atoms with E-state index in [0.29, 0.717) is 13.0 Å². The molecule has 1 aromatic heterocycles. The molecular weight excluding hydrogens is 190 g/mol. The second-order valence-electron chi connectivity index (χ2n) is 3.46. The third-order valence-electron chi connectivity index (χ3n) is 2.25. The zero-order valence-electron chi connectivity index (χ0n) is 8.94. The summed E-state index contributed by atoms with van der Waals surface area (Å²) in [5, 5.41) is 2.78. The van der Waals surface area contributed by atoms with Gasteiger partial charge in [0.2, 0.25) is 5.91 Å². The van der Waals surface area contributed by atoms with Crippen LogP contribution in [0.5, 0.6) is 0 Å². The fourth-order valence-corrected chi connectivity index (χ4v) is 1.28. The first kappa shape index (κ1) is 11.5. The van der Waals surface area contributed by atoms with Gasteiger partial charge in [0.05, 0.1) is 12.6 Å². The fourth-order valence-electron chi connectivity index (χ4n) is 1.28. The van der Waals surface area contributed by atoms with Gasteiger partial charge >= 0.3 is 0 Å². The van der Waals surface area contributed by atoms with Crippen molar-refractivity contribution in [1.82, 2.24) is 9.88 Å². The van der Waals surface area contributed by atoms with Crippen LogP contribution in [0.2, 0.25) is 0 Å². The summed E-state index contributed by atoms with van der Waals surface area (Å²) < 4.78 is 1.96. The molecule has 1 rings (SSSR count). The van der Waals surface area contributed by atoms with Crippen molar-refractivity contribution < 1.29 is 4.79 Å². The third kappa shape index (κ3) is 3.25. The molecule has 0 saturated heterocycles. The normalized spacial score (nSPS) is 12.1. The van der Waals surface area contributed by atoms with Crippen LogP contribution in [0.15, 0.2) is 31.0 Å². The van der Waals surface area contributed by atoms with Gasteiger partial charge in [-0.1, -0.05) is 6.08 Å². The highest BCUT2D eigenvalue weighted by Gasteiger charge is 2.10. The summed E-state index contributed by atoms with van der Waals surface area (Å²) in [4.78, 5) is 11.4. The van der Waals surface area contributed by atoms with E-state index < -0.39 is 6.04 Å². The highest BCUT2D eigenvalue weighted by atomic mass is 16.2. The summed E-state index contributed by atoms with van der Waals surface area (Å²) in [5.74, 6) is -0.142. The van der Waals surface area contributed by atoms with E-state index in [9.17, 15) is 4.79 Å². The Bertz CT molecular complexity index is 343. The Balaban J connectivity index is 2.40. The number of hydrogen-bond donors (Lipinski definition) is 2. The maximum absolute atomic E-state index is 11.4. The molecule has 0 aliphatic rings. The van der Waals surface area contributed by atoms with E-state index in [1.165, 1.54) is 0 Å². The Morgan fingerprint density at radius 2 is 2.53 bits per heavy atom. The molecule has 0 bridgehead atoms. The topological polar surface area (TPSA) is 60.1 Å². The van der Waals surface area contributed by atoms with Crippen molar-refractivity contribution in [3.05, 3.63) is 36.7 Å². The van der Waals surface area contributed by atoms with Gasteiger partial charge in [-0.25, -0.2) is 0 Å². The summed E-state index contributed by atoms with van der Waals surface area (Å²) in [6.07, 6.45) is 4.08. The monoisotopic (exact) mass is 207 g/mol. The lowest BCUT2D eigenvalue weighted by atomic mass is 10.2. The minimum atomic E-state index is -0.497. The number of nitrogens with zero attached hydrogens (tertiary/aromatic N) is 1. The quantitative estimate of drug-likeness (QED) is 0.692. The van der Waals surface area contributed by atoms with Crippen LogP contribution in [0.3, 0.4) is 0 Å². The highest BCUT2D eigenvalue weighted by Crippen LogP contribution is 1.99. The maximum atomic E-state index is 11.4. The van der Waals surface area contributed by atoms with E-state index in [1.807, 2.05) is 29.9 Å². The highest BCUT2D eigenvalue weighted by molar-refractivity contribution is 5.81. The number of amides is 1. The molecule has 1 amide bonds. The van der Waals surface area contributed by atoms with Crippen LogP contribution in [0.25, 0.3) is 0 Å². The van der Waals surface area contributed by atoms with E-state index in [2.05, 4.69) is 11.9 Å². The molecule has 0 aromatic carbocycles. The Morgan fingerprint density at radius 3 is 3.07 bits per heavy atom. The smallest absolute Gasteiger partial charge is 0.237 e. The van der Waals surface area contributed by atoms with Gasteiger partial charge in [0.1, 0.15) is 0 Å². The number of nitrogens with two attached hydrogens (primary N) is 1. The number of aryl methyl sites for hydroxylation is 1. The average molecular weight is 207 g/mol. The second-order valence-corrected chi connectivity index (χ2v) is 3.46. The van der Waals surface area contributed by atoms with Crippen LogP contribution in [0.4, 0.5) is 0 Å². The van der Waals surface area contributed by atoms with Gasteiger partial charge in [-0.3, -0.25) is 4.79 Å². The molecule has 0 radical (unpaired) electrons. The van der Waals surface area contributed by atoms with Crippen molar-refractivity contribution >= 4 is 5.91 Å². The van der Waals surface area contributed by atoms with Crippen LogP contribution < -0.4 is 11.1 Å². The molecule has 0 aliphatic carbocycles. The van der Waals surface area contributed by atoms with Gasteiger partial charge in [0.25, 0.3) is 0 Å². The molecule has 4 nitrogen and oxygen atoms in total. The van der Waals surface area contributed by atoms with Crippen LogP contribution in [0.1, 0.15) is 12.1 Å². The number of nitrogens with one attached hydrogen (secondary N) is 1. The van der Waals surface area contributed by atoms with Crippen molar-refractivity contribution in [2.45, 2.75) is 19.0 Å². The van der Waals surface area contributed by atoms with E-state index in [4.69, 9.17) is 5.73 Å². The standard InChI is InChI=1S/C11H17N3O/c1-3-5-10(12)11(15)13-8-9-6-4-7-14(9)2/h3-4,6-7,10H,1,5,8,12H2,2H3,(H,13,15). The van der Waals surface area contributed by atoms with E-state index in [0.717, 1.165) is 5.69 Å². The van der Waals surface area contributed by atoms with E-state index >= 15 is 0 Å². The lowest BCUT2D eigenvalue weighted by Gasteiger charge is -2.10. The van der Waals surface area contributed by atoms with Crippen LogP contribution >= 0.6 is 0 Å². The average Bonchev–Trinajstić information content (AvgIpc) is 2.61. The molecule has 1 aromatic rings. The largest absolute Gasteiger partial charge is 0.353 e. The lowest BCUT2D eigenvalue weighted by molar-refractivity contribution is -0.122. The summed E-state index contributed by atoms with van der Waals surface area (Å²) in [6.45, 7) is 4.05. The molecule has 0 fully saturated rings. The SMILES string of the molecule is C=CCC(N)C(=O)NCc1cccn1C. The fraction of sp³-hybridized carbons (Fsp3) is 0.364. The van der Waals surface area contributed by atoms with Gasteiger partial charge in [0.15, 0.2) is 0 Å². The summed E-state index contributed by atoms with van der Waals surface area (Å²) >= 11 is 0. The van der Waals surface area contributed by atoms with Gasteiger partial charge in [-0.15, -0.1) is 6.58 Å². The third-order valence-corrected chi connectivity index (χ3v) is 2.25. The molecule has 15 heavy (non-hydrogen) atoms. The molecule has 0 aliphatic heterocycles. The predicted octanol–water partition coefficient (Wildman–Crippen LogP) is 0.545. The zero-order chi connectivity index (χ0) is 11.3. The Labute approximate surface area is 89.8 Å². The van der Waals surface area contributed by atoms with Crippen molar-refractivity contribution in [2.75, 3.05) is 0 Å². The van der Waals surface area contributed by atoms with Crippen molar-refractivity contribution in [1.29, 1.82) is 0 Å². The van der Waals surface area contributed by atoms with E-state index in [-0.39, 0.29) is 5.91 Å². The molecule has 1 heterocycles. The van der Waals surface area contributed by atoms with Gasteiger partial charge in [-0.05, 0) is 18.6 Å². The molecule has 0 saturated carbocycles. The Morgan fingerprint density at radius 1 is 1.80 bits per heavy atom. The van der Waals surface area contributed by atoms with Crippen LogP contribution in [0, 0.1) is 0 Å². The zero-order valence-corrected chi connectivity index (χ0v) is 8.94. The number of rotatable bonds is 5. The molecule has 82 valence electrons. The van der Waals surface area contributed by atoms with Crippen LogP contribution in [-0.4, -0.2) is 16.5 Å². The minimum Gasteiger partial charge on any atom is -0.353 e. The molecule has 1 atom stereocenters. The Kier molecular flexibility index (Phi) is 4.12. The predicted molar refractivity (Wildman–Crippen MR) is 60.0 cm³/mol. The van der Waals surface area contributed by atoms with Gasteiger partial charge < -0.3 is 15.6 Å². The van der Waals surface area contributed by atoms with Crippen molar-refractivity contribution in [3.8, 4) is 0 Å². The first-order chi connectivity index (χ1) is 7.15. The minimum absolute atomic E-state index is 0.142. The molecular formula is C11H17N3O. The summed E-state index contributed by atoms with van der Waals surface area (Å²) in [6, 6.07) is 3.40. The van der Waals surface area contributed by atoms with Crippen molar-refractivity contribution in [3.63, 3.8) is 0 Å². The second kappa shape index (κ2) is 5.36. The summed E-state index contributed by atoms with van der Waals surface area (Å²) in [5.41, 5.74) is 6.67. The first-order valence-corrected chi connectivity index (χ1v) is 4.89. The van der Waals surface area contributed by atoms with E-state index in [1.54, 1.807) is 6.08 Å². The first-order valence-electron chi connectivity index (χ1n) is 4.89. The van der Waals surface area contributed by atoms with Crippen molar-refractivity contribution in [2.24, 2.45) is 12.8 Å². The molecule has 0 spiro atoms. The number of hydrogen-bond acceptors (Lipinski definition) is 2. The molecule has 4 heteroatoms. The maximum Gasteiger partial charge on any atom is 0.237 e. The lowest BCUT2D eigenvalue weighted by Crippen LogP contribution is -2.40. The Hall–Kier alpha value is -1.55. The number of aromatic nitrogens is 1. The molecule has 1 unspecified atom stereocenters. The van der Waals surface area contributed by atoms with Crippen LogP contribution in [-0.2, 0) is 18.4 Å². The van der Waals surface area contributed by atoms with Gasteiger partial charge in [-0.2, -0.15) is 0 Å². The number of carbonyl (C=O) groups excluding carboxylic acids is 1. The van der Waals surface area contributed by atoms with Gasteiger partial charge in [0, 0.05) is 18.9 Å².